The Bertz CT molecular complexity index is 422. The van der Waals surface area contributed by atoms with Gasteiger partial charge in [-0.25, -0.2) is 9.78 Å². The Hall–Kier alpha value is -1.20. The zero-order chi connectivity index (χ0) is 16.1. The minimum absolute atomic E-state index is 0.458. The van der Waals surface area contributed by atoms with Crippen molar-refractivity contribution in [2.45, 2.75) is 59.0 Å². The van der Waals surface area contributed by atoms with E-state index in [0.717, 1.165) is 5.56 Å². The van der Waals surface area contributed by atoms with Crippen molar-refractivity contribution in [3.8, 4) is 0 Å². The first kappa shape index (κ1) is 17.9. The molecular formula is C17H26O4. The molecule has 0 aliphatic heterocycles. The van der Waals surface area contributed by atoms with Crippen LogP contribution in [0.25, 0.3) is 5.57 Å². The highest BCUT2D eigenvalue weighted by Crippen LogP contribution is 2.23. The SMILES string of the molecule is C=C(c1ccccc1)C(OOC(C)(C)C)OOC(C)(C)C. The van der Waals surface area contributed by atoms with Gasteiger partial charge in [0, 0.05) is 5.57 Å². The second-order valence-corrected chi connectivity index (χ2v) is 6.81. The van der Waals surface area contributed by atoms with E-state index in [1.807, 2.05) is 71.9 Å². The first-order valence-electron chi connectivity index (χ1n) is 7.02. The highest BCUT2D eigenvalue weighted by molar-refractivity contribution is 5.65. The predicted molar refractivity (Wildman–Crippen MR) is 83.1 cm³/mol. The van der Waals surface area contributed by atoms with Crippen LogP contribution in [-0.4, -0.2) is 17.5 Å². The molecule has 0 amide bonds. The molecule has 0 saturated carbocycles. The van der Waals surface area contributed by atoms with Crippen molar-refractivity contribution in [2.24, 2.45) is 0 Å². The Morgan fingerprint density at radius 3 is 1.67 bits per heavy atom. The maximum absolute atomic E-state index is 5.37. The number of hydrogen-bond acceptors (Lipinski definition) is 4. The largest absolute Gasteiger partial charge is 0.249 e. The highest BCUT2D eigenvalue weighted by atomic mass is 17.3. The van der Waals surface area contributed by atoms with E-state index in [1.54, 1.807) is 0 Å². The van der Waals surface area contributed by atoms with Gasteiger partial charge in [-0.15, -0.1) is 0 Å². The lowest BCUT2D eigenvalue weighted by atomic mass is 10.1. The third-order valence-corrected chi connectivity index (χ3v) is 2.20. The molecule has 0 atom stereocenters. The fourth-order valence-electron chi connectivity index (χ4n) is 1.30. The summed E-state index contributed by atoms with van der Waals surface area (Å²) in [5.74, 6) is 0. The lowest BCUT2D eigenvalue weighted by Crippen LogP contribution is -2.30. The van der Waals surface area contributed by atoms with Crippen LogP contribution in [0, 0.1) is 0 Å². The molecule has 0 radical (unpaired) electrons. The van der Waals surface area contributed by atoms with Crippen LogP contribution in [0.3, 0.4) is 0 Å². The van der Waals surface area contributed by atoms with Gasteiger partial charge in [-0.3, -0.25) is 0 Å². The molecule has 0 fully saturated rings. The zero-order valence-electron chi connectivity index (χ0n) is 13.8. The van der Waals surface area contributed by atoms with Gasteiger partial charge in [-0.2, -0.15) is 9.78 Å². The Morgan fingerprint density at radius 2 is 1.29 bits per heavy atom. The summed E-state index contributed by atoms with van der Waals surface area (Å²) >= 11 is 0. The van der Waals surface area contributed by atoms with Crippen molar-refractivity contribution in [2.75, 3.05) is 0 Å². The average Bonchev–Trinajstić information content (AvgIpc) is 2.36. The van der Waals surface area contributed by atoms with Gasteiger partial charge in [0.1, 0.15) is 0 Å². The molecule has 1 aromatic rings. The molecular weight excluding hydrogens is 268 g/mol. The van der Waals surface area contributed by atoms with Crippen LogP contribution in [-0.2, 0) is 19.6 Å². The first-order chi connectivity index (χ1) is 9.58. The molecule has 4 heteroatoms. The summed E-state index contributed by atoms with van der Waals surface area (Å²) in [7, 11) is 0. The normalized spacial score (nSPS) is 12.7. The van der Waals surface area contributed by atoms with Crippen LogP contribution < -0.4 is 0 Å². The van der Waals surface area contributed by atoms with Gasteiger partial charge < -0.3 is 0 Å². The first-order valence-corrected chi connectivity index (χ1v) is 7.02. The van der Waals surface area contributed by atoms with Crippen molar-refractivity contribution in [3.05, 3.63) is 42.5 Å². The van der Waals surface area contributed by atoms with E-state index in [4.69, 9.17) is 19.6 Å². The van der Waals surface area contributed by atoms with Crippen molar-refractivity contribution in [1.82, 2.24) is 0 Å². The van der Waals surface area contributed by atoms with Crippen LogP contribution in [0.2, 0.25) is 0 Å². The Morgan fingerprint density at radius 1 is 0.857 bits per heavy atom. The second kappa shape index (κ2) is 7.18. The van der Waals surface area contributed by atoms with E-state index in [-0.39, 0.29) is 0 Å². The lowest BCUT2D eigenvalue weighted by molar-refractivity contribution is -0.481. The van der Waals surface area contributed by atoms with Crippen molar-refractivity contribution < 1.29 is 19.6 Å². The van der Waals surface area contributed by atoms with E-state index >= 15 is 0 Å². The van der Waals surface area contributed by atoms with Gasteiger partial charge in [-0.05, 0) is 47.1 Å². The summed E-state index contributed by atoms with van der Waals surface area (Å²) in [6.07, 6.45) is -0.842. The summed E-state index contributed by atoms with van der Waals surface area (Å²) in [6, 6.07) is 9.64. The monoisotopic (exact) mass is 294 g/mol. The minimum Gasteiger partial charge on any atom is -0.228 e. The summed E-state index contributed by atoms with van der Waals surface area (Å²) in [6.45, 7) is 15.3. The van der Waals surface area contributed by atoms with Gasteiger partial charge in [0.05, 0.1) is 11.2 Å². The molecule has 0 unspecified atom stereocenters. The Balaban J connectivity index is 2.78. The topological polar surface area (TPSA) is 36.9 Å². The summed E-state index contributed by atoms with van der Waals surface area (Å²) < 4.78 is 0. The quantitative estimate of drug-likeness (QED) is 0.439. The minimum atomic E-state index is -0.842. The smallest absolute Gasteiger partial charge is 0.228 e. The second-order valence-electron chi connectivity index (χ2n) is 6.81. The number of benzene rings is 1. The molecule has 0 N–H and O–H groups in total. The lowest BCUT2D eigenvalue weighted by Gasteiger charge is -2.26. The maximum Gasteiger partial charge on any atom is 0.249 e. The van der Waals surface area contributed by atoms with E-state index in [2.05, 4.69) is 6.58 Å². The Kier molecular flexibility index (Phi) is 6.10. The summed E-state index contributed by atoms with van der Waals surface area (Å²) in [5.41, 5.74) is 0.613. The molecule has 0 spiro atoms. The van der Waals surface area contributed by atoms with E-state index in [1.165, 1.54) is 0 Å². The fraction of sp³-hybridized carbons (Fsp3) is 0.529. The molecule has 1 aromatic carbocycles. The third kappa shape index (κ3) is 7.39. The van der Waals surface area contributed by atoms with Crippen molar-refractivity contribution in [3.63, 3.8) is 0 Å². The van der Waals surface area contributed by atoms with E-state index < -0.39 is 17.5 Å². The molecule has 118 valence electrons. The number of rotatable bonds is 6. The molecule has 1 rings (SSSR count). The van der Waals surface area contributed by atoms with Crippen molar-refractivity contribution >= 4 is 5.57 Å². The van der Waals surface area contributed by atoms with Gasteiger partial charge in [0.2, 0.25) is 6.29 Å². The standard InChI is InChI=1S/C17H26O4/c1-13(14-11-9-8-10-12-14)15(18-20-16(2,3)4)19-21-17(5,6)7/h8-12,15H,1H2,2-7H3. The van der Waals surface area contributed by atoms with Crippen LogP contribution >= 0.6 is 0 Å². The highest BCUT2D eigenvalue weighted by Gasteiger charge is 2.24. The predicted octanol–water partition coefficient (Wildman–Crippen LogP) is 4.52. The average molecular weight is 294 g/mol. The van der Waals surface area contributed by atoms with Gasteiger partial charge >= 0.3 is 0 Å². The van der Waals surface area contributed by atoms with Crippen LogP contribution in [0.4, 0.5) is 0 Å². The van der Waals surface area contributed by atoms with E-state index in [0.29, 0.717) is 5.57 Å². The van der Waals surface area contributed by atoms with E-state index in [9.17, 15) is 0 Å². The Labute approximate surface area is 127 Å². The maximum atomic E-state index is 5.37. The van der Waals surface area contributed by atoms with Crippen LogP contribution in [0.15, 0.2) is 36.9 Å². The molecule has 21 heavy (non-hydrogen) atoms. The van der Waals surface area contributed by atoms with Crippen molar-refractivity contribution in [1.29, 1.82) is 0 Å². The molecule has 0 aliphatic carbocycles. The van der Waals surface area contributed by atoms with Gasteiger partial charge in [-0.1, -0.05) is 36.9 Å². The summed E-state index contributed by atoms with van der Waals surface area (Å²) in [4.78, 5) is 21.4. The van der Waals surface area contributed by atoms with Gasteiger partial charge in [0.15, 0.2) is 0 Å². The third-order valence-electron chi connectivity index (χ3n) is 2.20. The fourth-order valence-corrected chi connectivity index (χ4v) is 1.30. The molecule has 0 aromatic heterocycles. The molecule has 0 bridgehead atoms. The van der Waals surface area contributed by atoms with Crippen LogP contribution in [0.1, 0.15) is 47.1 Å². The number of hydrogen-bond donors (Lipinski definition) is 0. The van der Waals surface area contributed by atoms with Crippen LogP contribution in [0.5, 0.6) is 0 Å². The summed E-state index contributed by atoms with van der Waals surface area (Å²) in [5, 5.41) is 0. The molecule has 0 saturated heterocycles. The zero-order valence-corrected chi connectivity index (χ0v) is 13.8. The molecule has 0 heterocycles. The molecule has 4 nitrogen and oxygen atoms in total. The van der Waals surface area contributed by atoms with Gasteiger partial charge in [0.25, 0.3) is 0 Å². The molecule has 0 aliphatic rings.